The smallest absolute Gasteiger partial charge is 0.263 e. The molecule has 0 aliphatic carbocycles. The maximum atomic E-state index is 12.2. The van der Waals surface area contributed by atoms with E-state index in [-0.39, 0.29) is 22.6 Å². The maximum Gasteiger partial charge on any atom is 0.263 e. The molecule has 0 atom stereocenters. The molecule has 0 saturated carbocycles. The fourth-order valence-corrected chi connectivity index (χ4v) is 2.53. The van der Waals surface area contributed by atoms with E-state index < -0.39 is 10.0 Å². The van der Waals surface area contributed by atoms with Crippen LogP contribution in [-0.2, 0) is 10.0 Å². The van der Waals surface area contributed by atoms with Crippen LogP contribution in [0.25, 0.3) is 0 Å². The molecule has 0 saturated heterocycles. The molecule has 22 heavy (non-hydrogen) atoms. The zero-order valence-corrected chi connectivity index (χ0v) is 12.4. The topological polar surface area (TPSA) is 146 Å². The molecule has 0 bridgehead atoms. The lowest BCUT2D eigenvalue weighted by atomic mass is 10.3. The number of ether oxygens (including phenoxy) is 1. The van der Waals surface area contributed by atoms with Crippen molar-refractivity contribution in [2.45, 2.75) is 4.90 Å². The van der Waals surface area contributed by atoms with Gasteiger partial charge in [-0.3, -0.25) is 4.72 Å². The quantitative estimate of drug-likeness (QED) is 0.526. The van der Waals surface area contributed by atoms with Gasteiger partial charge in [-0.05, 0) is 30.3 Å². The van der Waals surface area contributed by atoms with E-state index in [4.69, 9.17) is 16.2 Å². The number of nitrogens with two attached hydrogens (primary N) is 2. The van der Waals surface area contributed by atoms with Gasteiger partial charge in [-0.2, -0.15) is 0 Å². The van der Waals surface area contributed by atoms with Gasteiger partial charge in [0, 0.05) is 6.07 Å². The lowest BCUT2D eigenvalue weighted by Crippen LogP contribution is -2.21. The molecule has 1 aromatic carbocycles. The molecule has 10 heteroatoms. The minimum atomic E-state index is -3.78. The molecule has 0 aliphatic rings. The number of hydrogen-bond acceptors (Lipinski definition) is 6. The number of anilines is 1. The van der Waals surface area contributed by atoms with Gasteiger partial charge in [-0.25, -0.2) is 13.4 Å². The lowest BCUT2D eigenvalue weighted by Gasteiger charge is -2.07. The van der Waals surface area contributed by atoms with Crippen molar-refractivity contribution in [2.75, 3.05) is 11.8 Å². The Bertz CT molecular complexity index is 768. The Morgan fingerprint density at radius 3 is 2.32 bits per heavy atom. The molecule has 0 unspecified atom stereocenters. The van der Waals surface area contributed by atoms with E-state index in [9.17, 15) is 8.42 Å². The van der Waals surface area contributed by atoms with Crippen LogP contribution in [0.4, 0.5) is 11.5 Å². The van der Waals surface area contributed by atoms with E-state index in [1.165, 1.54) is 43.5 Å². The minimum Gasteiger partial charge on any atom is -0.480 e. The first-order valence-corrected chi connectivity index (χ1v) is 7.49. The molecule has 116 valence electrons. The van der Waals surface area contributed by atoms with Crippen molar-refractivity contribution in [1.29, 1.82) is 0 Å². The van der Waals surface area contributed by atoms with Gasteiger partial charge in [0.25, 0.3) is 10.0 Å². The van der Waals surface area contributed by atoms with Gasteiger partial charge in [-0.1, -0.05) is 0 Å². The normalized spacial score (nSPS) is 10.8. The number of nitrogens with zero attached hydrogens (tertiary/aromatic N) is 3. The fourth-order valence-electron chi connectivity index (χ4n) is 1.53. The van der Waals surface area contributed by atoms with Gasteiger partial charge < -0.3 is 16.2 Å². The van der Waals surface area contributed by atoms with Crippen molar-refractivity contribution in [3.63, 3.8) is 0 Å². The Balaban J connectivity index is 2.20. The van der Waals surface area contributed by atoms with Crippen LogP contribution in [0, 0.1) is 0 Å². The zero-order chi connectivity index (χ0) is 16.2. The van der Waals surface area contributed by atoms with E-state index in [1.807, 2.05) is 0 Å². The average molecular weight is 322 g/mol. The summed E-state index contributed by atoms with van der Waals surface area (Å²) >= 11 is 0. The van der Waals surface area contributed by atoms with Crippen molar-refractivity contribution in [2.24, 2.45) is 16.5 Å². The lowest BCUT2D eigenvalue weighted by molar-refractivity contribution is 0.392. The number of aromatic nitrogens is 2. The van der Waals surface area contributed by atoms with Crippen LogP contribution < -0.4 is 20.9 Å². The van der Waals surface area contributed by atoms with Crippen LogP contribution in [-0.4, -0.2) is 31.7 Å². The predicted molar refractivity (Wildman–Crippen MR) is 81.3 cm³/mol. The highest BCUT2D eigenvalue weighted by Crippen LogP contribution is 2.19. The Labute approximate surface area is 127 Å². The van der Waals surface area contributed by atoms with Crippen LogP contribution in [0.2, 0.25) is 0 Å². The summed E-state index contributed by atoms with van der Waals surface area (Å²) in [6.45, 7) is 0. The maximum absolute atomic E-state index is 12.2. The largest absolute Gasteiger partial charge is 0.480 e. The first-order chi connectivity index (χ1) is 10.4. The van der Waals surface area contributed by atoms with Gasteiger partial charge in [0.2, 0.25) is 5.88 Å². The fraction of sp³-hybridized carbons (Fsp3) is 0.0833. The summed E-state index contributed by atoms with van der Waals surface area (Å²) in [6.07, 6.45) is 0. The number of rotatable bonds is 5. The Kier molecular flexibility index (Phi) is 4.41. The van der Waals surface area contributed by atoms with Crippen molar-refractivity contribution >= 4 is 27.5 Å². The summed E-state index contributed by atoms with van der Waals surface area (Å²) in [5, 5.41) is 7.37. The minimum absolute atomic E-state index is 0.0414. The second-order valence-electron chi connectivity index (χ2n) is 4.10. The third-order valence-electron chi connectivity index (χ3n) is 2.49. The van der Waals surface area contributed by atoms with Gasteiger partial charge >= 0.3 is 0 Å². The van der Waals surface area contributed by atoms with Crippen molar-refractivity contribution in [3.8, 4) is 5.88 Å². The third kappa shape index (κ3) is 3.82. The highest BCUT2D eigenvalue weighted by Gasteiger charge is 2.15. The molecule has 0 radical (unpaired) electrons. The standard InChI is InChI=1S/C12H14N6O3S/c1-21-11-7-6-10(16-17-11)18-22(19,20)9-4-2-8(3-5-9)15-12(13)14/h2-7H,1H3,(H,16,18)(H4,13,14,15). The number of benzene rings is 1. The second-order valence-corrected chi connectivity index (χ2v) is 5.78. The molecule has 2 rings (SSSR count). The van der Waals surface area contributed by atoms with Crippen molar-refractivity contribution in [3.05, 3.63) is 36.4 Å². The highest BCUT2D eigenvalue weighted by atomic mass is 32.2. The first kappa shape index (κ1) is 15.5. The molecular weight excluding hydrogens is 308 g/mol. The van der Waals surface area contributed by atoms with Crippen LogP contribution in [0.5, 0.6) is 5.88 Å². The highest BCUT2D eigenvalue weighted by molar-refractivity contribution is 7.92. The number of aliphatic imine (C=N–C) groups is 1. The summed E-state index contributed by atoms with van der Waals surface area (Å²) < 4.78 is 31.5. The van der Waals surface area contributed by atoms with Crippen LogP contribution in [0.3, 0.4) is 0 Å². The summed E-state index contributed by atoms with van der Waals surface area (Å²) in [7, 11) is -2.35. The van der Waals surface area contributed by atoms with E-state index in [0.717, 1.165) is 0 Å². The summed E-state index contributed by atoms with van der Waals surface area (Å²) in [5.41, 5.74) is 10.9. The van der Waals surface area contributed by atoms with E-state index in [0.29, 0.717) is 5.69 Å². The molecular formula is C12H14N6O3S. The molecule has 0 spiro atoms. The summed E-state index contributed by atoms with van der Waals surface area (Å²) in [6, 6.07) is 8.65. The number of hydrogen-bond donors (Lipinski definition) is 3. The molecule has 9 nitrogen and oxygen atoms in total. The Hall–Kier alpha value is -2.88. The van der Waals surface area contributed by atoms with Crippen LogP contribution in [0.15, 0.2) is 46.3 Å². The van der Waals surface area contributed by atoms with Gasteiger partial charge in [0.15, 0.2) is 11.8 Å². The third-order valence-corrected chi connectivity index (χ3v) is 3.86. The number of guanidine groups is 1. The van der Waals surface area contributed by atoms with Crippen LogP contribution in [0.1, 0.15) is 0 Å². The molecule has 5 N–H and O–H groups in total. The molecule has 1 aromatic heterocycles. The van der Waals surface area contributed by atoms with E-state index >= 15 is 0 Å². The summed E-state index contributed by atoms with van der Waals surface area (Å²) in [4.78, 5) is 3.85. The van der Waals surface area contributed by atoms with Gasteiger partial charge in [-0.15, -0.1) is 10.2 Å². The average Bonchev–Trinajstić information content (AvgIpc) is 2.47. The molecule has 0 aliphatic heterocycles. The van der Waals surface area contributed by atoms with Gasteiger partial charge in [0.05, 0.1) is 17.7 Å². The van der Waals surface area contributed by atoms with Crippen molar-refractivity contribution in [1.82, 2.24) is 10.2 Å². The Morgan fingerprint density at radius 1 is 1.14 bits per heavy atom. The molecule has 2 aromatic rings. The number of nitrogens with one attached hydrogen (secondary N) is 1. The Morgan fingerprint density at radius 2 is 1.82 bits per heavy atom. The first-order valence-electron chi connectivity index (χ1n) is 6.01. The summed E-state index contributed by atoms with van der Waals surface area (Å²) in [5.74, 6) is 0.251. The SMILES string of the molecule is COc1ccc(NS(=O)(=O)c2ccc(N=C(N)N)cc2)nn1. The predicted octanol–water partition coefficient (Wildman–Crippen LogP) is 0.191. The second kappa shape index (κ2) is 6.26. The number of sulfonamides is 1. The molecule has 0 amide bonds. The van der Waals surface area contributed by atoms with Crippen molar-refractivity contribution < 1.29 is 13.2 Å². The number of methoxy groups -OCH3 is 1. The van der Waals surface area contributed by atoms with Crippen LogP contribution >= 0.6 is 0 Å². The molecule has 0 fully saturated rings. The van der Waals surface area contributed by atoms with Gasteiger partial charge in [0.1, 0.15) is 0 Å². The monoisotopic (exact) mass is 322 g/mol. The zero-order valence-electron chi connectivity index (χ0n) is 11.6. The van der Waals surface area contributed by atoms with E-state index in [2.05, 4.69) is 19.9 Å². The molecule has 1 heterocycles. The van der Waals surface area contributed by atoms with E-state index in [1.54, 1.807) is 0 Å².